The molecule has 0 saturated carbocycles. The highest BCUT2D eigenvalue weighted by Gasteiger charge is 2.17. The van der Waals surface area contributed by atoms with Gasteiger partial charge in [0.25, 0.3) is 5.56 Å². The Bertz CT molecular complexity index is 474. The maximum atomic E-state index is 11.2. The quantitative estimate of drug-likeness (QED) is 0.525. The van der Waals surface area contributed by atoms with E-state index in [0.29, 0.717) is 0 Å². The standard InChI is InChI=1S/C7H9N3O3S/c1-2(8)4-3(6(12)13)5(11)10-7(14)9-4/h2H,8H2,1H3,(H,12,13)(H2,9,10,11,14). The summed E-state index contributed by atoms with van der Waals surface area (Å²) in [7, 11) is 0. The van der Waals surface area contributed by atoms with E-state index in [1.54, 1.807) is 6.92 Å². The van der Waals surface area contributed by atoms with Gasteiger partial charge in [0.05, 0.1) is 5.69 Å². The van der Waals surface area contributed by atoms with Crippen molar-refractivity contribution in [1.82, 2.24) is 9.97 Å². The molecule has 0 bridgehead atoms. The van der Waals surface area contributed by atoms with Gasteiger partial charge in [0, 0.05) is 6.04 Å². The molecule has 1 aromatic rings. The van der Waals surface area contributed by atoms with Crippen molar-refractivity contribution >= 4 is 18.2 Å². The molecule has 76 valence electrons. The van der Waals surface area contributed by atoms with Gasteiger partial charge >= 0.3 is 5.97 Å². The van der Waals surface area contributed by atoms with E-state index in [1.165, 1.54) is 0 Å². The first-order valence-electron chi connectivity index (χ1n) is 3.79. The lowest BCUT2D eigenvalue weighted by molar-refractivity contribution is 0.0692. The van der Waals surface area contributed by atoms with Gasteiger partial charge in [0.2, 0.25) is 0 Å². The summed E-state index contributed by atoms with van der Waals surface area (Å²) in [6, 6.07) is -0.592. The fraction of sp³-hybridized carbons (Fsp3) is 0.286. The van der Waals surface area contributed by atoms with Crippen molar-refractivity contribution in [3.05, 3.63) is 26.4 Å². The summed E-state index contributed by atoms with van der Waals surface area (Å²) in [5.41, 5.74) is 4.49. The number of hydrogen-bond acceptors (Lipinski definition) is 4. The molecule has 0 fully saturated rings. The number of aromatic nitrogens is 2. The minimum Gasteiger partial charge on any atom is -0.477 e. The first-order valence-corrected chi connectivity index (χ1v) is 4.19. The molecule has 0 radical (unpaired) electrons. The first kappa shape index (κ1) is 10.6. The minimum atomic E-state index is -1.33. The number of nitrogens with one attached hydrogen (secondary N) is 2. The zero-order chi connectivity index (χ0) is 10.9. The molecule has 6 nitrogen and oxygen atoms in total. The lowest BCUT2D eigenvalue weighted by atomic mass is 10.1. The van der Waals surface area contributed by atoms with Crippen LogP contribution in [0, 0.1) is 4.77 Å². The number of hydrogen-bond donors (Lipinski definition) is 4. The van der Waals surface area contributed by atoms with Crippen LogP contribution in [0.5, 0.6) is 0 Å². The first-order chi connectivity index (χ1) is 6.43. The molecule has 7 heteroatoms. The predicted molar refractivity (Wildman–Crippen MR) is 51.8 cm³/mol. The molecule has 0 aromatic carbocycles. The van der Waals surface area contributed by atoms with Gasteiger partial charge in [-0.1, -0.05) is 0 Å². The van der Waals surface area contributed by atoms with Crippen LogP contribution in [0.3, 0.4) is 0 Å². The Morgan fingerprint density at radius 2 is 2.14 bits per heavy atom. The van der Waals surface area contributed by atoms with Crippen molar-refractivity contribution in [1.29, 1.82) is 0 Å². The van der Waals surface area contributed by atoms with Crippen LogP contribution in [-0.4, -0.2) is 21.0 Å². The Kier molecular flexibility index (Phi) is 2.82. The maximum Gasteiger partial charge on any atom is 0.343 e. The Hall–Kier alpha value is -1.47. The summed E-state index contributed by atoms with van der Waals surface area (Å²) >= 11 is 4.69. The molecule has 1 rings (SSSR count). The van der Waals surface area contributed by atoms with Crippen molar-refractivity contribution in [2.24, 2.45) is 5.73 Å². The molecule has 1 heterocycles. The summed E-state index contributed by atoms with van der Waals surface area (Å²) in [5.74, 6) is -1.33. The second kappa shape index (κ2) is 3.72. The molecule has 0 saturated heterocycles. The highest BCUT2D eigenvalue weighted by molar-refractivity contribution is 7.71. The second-order valence-corrected chi connectivity index (χ2v) is 3.20. The summed E-state index contributed by atoms with van der Waals surface area (Å²) in [6.07, 6.45) is 0. The van der Waals surface area contributed by atoms with Crippen LogP contribution < -0.4 is 11.3 Å². The normalized spacial score (nSPS) is 12.4. The molecular weight excluding hydrogens is 206 g/mol. The Morgan fingerprint density at radius 1 is 1.57 bits per heavy atom. The molecule has 0 amide bonds. The topological polar surface area (TPSA) is 112 Å². The van der Waals surface area contributed by atoms with Crippen LogP contribution in [0.15, 0.2) is 4.79 Å². The molecule has 0 aliphatic heterocycles. The summed E-state index contributed by atoms with van der Waals surface area (Å²) in [5, 5.41) is 8.76. The van der Waals surface area contributed by atoms with Gasteiger partial charge in [0.1, 0.15) is 5.56 Å². The zero-order valence-electron chi connectivity index (χ0n) is 7.33. The Balaban J connectivity index is 3.61. The molecule has 14 heavy (non-hydrogen) atoms. The number of aromatic carboxylic acids is 1. The highest BCUT2D eigenvalue weighted by Crippen LogP contribution is 2.08. The average molecular weight is 215 g/mol. The third kappa shape index (κ3) is 1.88. The number of aromatic amines is 2. The monoisotopic (exact) mass is 215 g/mol. The summed E-state index contributed by atoms with van der Waals surface area (Å²) in [6.45, 7) is 1.56. The number of carbonyl (C=O) groups is 1. The number of carboxylic acid groups (broad SMARTS) is 1. The van der Waals surface area contributed by atoms with Crippen LogP contribution in [0.1, 0.15) is 29.0 Å². The van der Waals surface area contributed by atoms with Crippen LogP contribution in [0.4, 0.5) is 0 Å². The largest absolute Gasteiger partial charge is 0.477 e. The van der Waals surface area contributed by atoms with Crippen LogP contribution in [-0.2, 0) is 0 Å². The van der Waals surface area contributed by atoms with Gasteiger partial charge in [-0.15, -0.1) is 0 Å². The van der Waals surface area contributed by atoms with Crippen molar-refractivity contribution in [3.8, 4) is 0 Å². The Labute approximate surface area is 83.8 Å². The smallest absolute Gasteiger partial charge is 0.343 e. The SMILES string of the molecule is CC(N)c1[nH]c(=S)[nH]c(=O)c1C(=O)O. The second-order valence-electron chi connectivity index (χ2n) is 2.79. The fourth-order valence-electron chi connectivity index (χ4n) is 1.06. The van der Waals surface area contributed by atoms with E-state index < -0.39 is 23.1 Å². The molecule has 5 N–H and O–H groups in total. The third-order valence-electron chi connectivity index (χ3n) is 1.64. The summed E-state index contributed by atoms with van der Waals surface area (Å²) < 4.78 is 0.0623. The average Bonchev–Trinajstić information content (AvgIpc) is 2.01. The number of carboxylic acids is 1. The van der Waals surface area contributed by atoms with Crippen LogP contribution >= 0.6 is 12.2 Å². The van der Waals surface area contributed by atoms with E-state index in [-0.39, 0.29) is 10.5 Å². The van der Waals surface area contributed by atoms with Gasteiger partial charge in [-0.25, -0.2) is 4.79 Å². The predicted octanol–water partition coefficient (Wildman–Crippen LogP) is 0.150. The molecule has 0 spiro atoms. The lowest BCUT2D eigenvalue weighted by Crippen LogP contribution is -2.25. The van der Waals surface area contributed by atoms with Crippen molar-refractivity contribution in [2.45, 2.75) is 13.0 Å². The molecule has 0 aliphatic rings. The minimum absolute atomic E-state index is 0.0623. The highest BCUT2D eigenvalue weighted by atomic mass is 32.1. The van der Waals surface area contributed by atoms with Crippen LogP contribution in [0.25, 0.3) is 0 Å². The summed E-state index contributed by atoms with van der Waals surface area (Å²) in [4.78, 5) is 26.7. The van der Waals surface area contributed by atoms with Crippen molar-refractivity contribution < 1.29 is 9.90 Å². The van der Waals surface area contributed by atoms with Gasteiger partial charge < -0.3 is 15.8 Å². The van der Waals surface area contributed by atoms with Gasteiger partial charge in [-0.3, -0.25) is 9.78 Å². The molecular formula is C7H9N3O3S. The molecule has 1 atom stereocenters. The van der Waals surface area contributed by atoms with E-state index in [9.17, 15) is 9.59 Å². The Morgan fingerprint density at radius 3 is 2.57 bits per heavy atom. The van der Waals surface area contributed by atoms with Crippen molar-refractivity contribution in [3.63, 3.8) is 0 Å². The van der Waals surface area contributed by atoms with Gasteiger partial charge in [0.15, 0.2) is 4.77 Å². The van der Waals surface area contributed by atoms with E-state index in [1.807, 2.05) is 0 Å². The lowest BCUT2D eigenvalue weighted by Gasteiger charge is -2.07. The van der Waals surface area contributed by atoms with Gasteiger partial charge in [-0.2, -0.15) is 0 Å². The third-order valence-corrected chi connectivity index (χ3v) is 1.84. The molecule has 1 aromatic heterocycles. The molecule has 0 aliphatic carbocycles. The zero-order valence-corrected chi connectivity index (χ0v) is 8.14. The van der Waals surface area contributed by atoms with Crippen molar-refractivity contribution in [2.75, 3.05) is 0 Å². The fourth-order valence-corrected chi connectivity index (χ4v) is 1.26. The maximum absolute atomic E-state index is 11.2. The van der Waals surface area contributed by atoms with E-state index in [0.717, 1.165) is 0 Å². The molecule has 1 unspecified atom stereocenters. The number of H-pyrrole nitrogens is 2. The number of nitrogens with two attached hydrogens (primary N) is 1. The van der Waals surface area contributed by atoms with E-state index in [4.69, 9.17) is 23.1 Å². The number of rotatable bonds is 2. The van der Waals surface area contributed by atoms with Crippen LogP contribution in [0.2, 0.25) is 0 Å². The van der Waals surface area contributed by atoms with Gasteiger partial charge in [-0.05, 0) is 19.1 Å². The van der Waals surface area contributed by atoms with E-state index in [2.05, 4.69) is 9.97 Å². The van der Waals surface area contributed by atoms with E-state index >= 15 is 0 Å².